The Morgan fingerprint density at radius 1 is 1.32 bits per heavy atom. The smallest absolute Gasteiger partial charge is 0.314 e. The highest BCUT2D eigenvalue weighted by Crippen LogP contribution is 2.27. The normalized spacial score (nSPS) is 12.6. The number of nitrogens with one attached hydrogen (secondary N) is 1. The van der Waals surface area contributed by atoms with Gasteiger partial charge in [-0.25, -0.2) is 4.98 Å². The number of rotatable bonds is 4. The fourth-order valence-corrected chi connectivity index (χ4v) is 2.14. The van der Waals surface area contributed by atoms with Crippen molar-refractivity contribution in [2.75, 3.05) is 0 Å². The second-order valence-electron chi connectivity index (χ2n) is 4.89. The summed E-state index contributed by atoms with van der Waals surface area (Å²) in [4.78, 5) is 22.8. The molecule has 2 N–H and O–H groups in total. The van der Waals surface area contributed by atoms with Gasteiger partial charge in [0.15, 0.2) is 0 Å². The average molecular weight is 259 g/mol. The summed E-state index contributed by atoms with van der Waals surface area (Å²) in [6, 6.07) is 3.72. The molecule has 0 bridgehead atoms. The SMILES string of the molecule is Cc1[nH]c(C(C(=O)O)C(C)C)nc1-c1ccncc1. The molecule has 1 unspecified atom stereocenters. The molecule has 0 aliphatic carbocycles. The predicted molar refractivity (Wildman–Crippen MR) is 71.8 cm³/mol. The monoisotopic (exact) mass is 259 g/mol. The molecular formula is C14H17N3O2. The summed E-state index contributed by atoms with van der Waals surface area (Å²) in [6.07, 6.45) is 3.39. The van der Waals surface area contributed by atoms with Crippen molar-refractivity contribution in [1.29, 1.82) is 0 Å². The average Bonchev–Trinajstić information content (AvgIpc) is 2.71. The maximum absolute atomic E-state index is 11.3. The van der Waals surface area contributed by atoms with Crippen molar-refractivity contribution in [1.82, 2.24) is 15.0 Å². The first-order valence-electron chi connectivity index (χ1n) is 6.20. The van der Waals surface area contributed by atoms with Gasteiger partial charge in [0, 0.05) is 23.7 Å². The summed E-state index contributed by atoms with van der Waals surface area (Å²) in [5, 5.41) is 9.30. The number of H-pyrrole nitrogens is 1. The van der Waals surface area contributed by atoms with Crippen LogP contribution in [0.4, 0.5) is 0 Å². The minimum Gasteiger partial charge on any atom is -0.481 e. The van der Waals surface area contributed by atoms with Crippen LogP contribution in [0.1, 0.15) is 31.3 Å². The van der Waals surface area contributed by atoms with Crippen molar-refractivity contribution in [3.8, 4) is 11.3 Å². The van der Waals surface area contributed by atoms with Crippen LogP contribution in [0.2, 0.25) is 0 Å². The molecule has 0 amide bonds. The Bertz CT molecular complexity index is 576. The Morgan fingerprint density at radius 3 is 2.47 bits per heavy atom. The maximum atomic E-state index is 11.3. The zero-order chi connectivity index (χ0) is 14.0. The molecule has 5 heteroatoms. The van der Waals surface area contributed by atoms with Gasteiger partial charge in [0.05, 0.1) is 5.69 Å². The van der Waals surface area contributed by atoms with E-state index >= 15 is 0 Å². The van der Waals surface area contributed by atoms with Gasteiger partial charge in [0.1, 0.15) is 11.7 Å². The van der Waals surface area contributed by atoms with E-state index in [2.05, 4.69) is 15.0 Å². The van der Waals surface area contributed by atoms with E-state index in [9.17, 15) is 9.90 Å². The third-order valence-corrected chi connectivity index (χ3v) is 3.08. The number of nitrogens with zero attached hydrogens (tertiary/aromatic N) is 2. The standard InChI is InChI=1S/C14H17N3O2/c1-8(2)11(14(18)19)13-16-9(3)12(17-13)10-4-6-15-7-5-10/h4-8,11H,1-3H3,(H,16,17)(H,18,19). The Balaban J connectivity index is 2.44. The molecule has 0 aliphatic rings. The molecule has 0 spiro atoms. The summed E-state index contributed by atoms with van der Waals surface area (Å²) in [6.45, 7) is 5.65. The number of hydrogen-bond donors (Lipinski definition) is 2. The van der Waals surface area contributed by atoms with Gasteiger partial charge in [-0.2, -0.15) is 0 Å². The van der Waals surface area contributed by atoms with Crippen LogP contribution in [0.5, 0.6) is 0 Å². The largest absolute Gasteiger partial charge is 0.481 e. The van der Waals surface area contributed by atoms with Gasteiger partial charge < -0.3 is 10.1 Å². The molecule has 1 atom stereocenters. The number of imidazole rings is 1. The highest BCUT2D eigenvalue weighted by molar-refractivity contribution is 5.76. The Morgan fingerprint density at radius 2 is 1.95 bits per heavy atom. The van der Waals surface area contributed by atoms with E-state index in [1.54, 1.807) is 12.4 Å². The summed E-state index contributed by atoms with van der Waals surface area (Å²) in [5.41, 5.74) is 2.58. The van der Waals surface area contributed by atoms with Crippen molar-refractivity contribution >= 4 is 5.97 Å². The number of aryl methyl sites for hydroxylation is 1. The van der Waals surface area contributed by atoms with Gasteiger partial charge in [0.2, 0.25) is 0 Å². The van der Waals surface area contributed by atoms with Gasteiger partial charge in [-0.05, 0) is 25.0 Å². The summed E-state index contributed by atoms with van der Waals surface area (Å²) >= 11 is 0. The molecule has 100 valence electrons. The lowest BCUT2D eigenvalue weighted by atomic mass is 9.95. The van der Waals surface area contributed by atoms with Crippen LogP contribution in [-0.4, -0.2) is 26.0 Å². The van der Waals surface area contributed by atoms with Crippen LogP contribution in [0, 0.1) is 12.8 Å². The number of aromatic amines is 1. The first-order valence-corrected chi connectivity index (χ1v) is 6.20. The maximum Gasteiger partial charge on any atom is 0.314 e. The summed E-state index contributed by atoms with van der Waals surface area (Å²) < 4.78 is 0. The number of carbonyl (C=O) groups is 1. The zero-order valence-corrected chi connectivity index (χ0v) is 11.2. The second kappa shape index (κ2) is 5.22. The third kappa shape index (κ3) is 2.65. The first kappa shape index (κ1) is 13.3. The van der Waals surface area contributed by atoms with E-state index in [1.807, 2.05) is 32.9 Å². The molecule has 5 nitrogen and oxygen atoms in total. The summed E-state index contributed by atoms with van der Waals surface area (Å²) in [5.74, 6) is -0.987. The van der Waals surface area contributed by atoms with Crippen LogP contribution in [0.25, 0.3) is 11.3 Å². The quantitative estimate of drug-likeness (QED) is 0.884. The minimum atomic E-state index is -0.856. The van der Waals surface area contributed by atoms with Crippen molar-refractivity contribution in [2.24, 2.45) is 5.92 Å². The molecule has 2 rings (SSSR count). The molecule has 19 heavy (non-hydrogen) atoms. The van der Waals surface area contributed by atoms with Crippen LogP contribution in [0.15, 0.2) is 24.5 Å². The van der Waals surface area contributed by atoms with Crippen LogP contribution in [0.3, 0.4) is 0 Å². The van der Waals surface area contributed by atoms with Gasteiger partial charge in [0.25, 0.3) is 0 Å². The minimum absolute atomic E-state index is 0.0201. The van der Waals surface area contributed by atoms with E-state index in [1.165, 1.54) is 0 Å². The first-order chi connectivity index (χ1) is 9.00. The van der Waals surface area contributed by atoms with Gasteiger partial charge in [-0.15, -0.1) is 0 Å². The zero-order valence-electron chi connectivity index (χ0n) is 11.2. The molecule has 0 saturated carbocycles. The van der Waals surface area contributed by atoms with Gasteiger partial charge >= 0.3 is 5.97 Å². The highest BCUT2D eigenvalue weighted by atomic mass is 16.4. The Hall–Kier alpha value is -2.17. The lowest BCUT2D eigenvalue weighted by Gasteiger charge is -2.12. The Labute approximate surface area is 111 Å². The fraction of sp³-hybridized carbons (Fsp3) is 0.357. The van der Waals surface area contributed by atoms with E-state index in [-0.39, 0.29) is 5.92 Å². The molecule has 0 aromatic carbocycles. The van der Waals surface area contributed by atoms with E-state index < -0.39 is 11.9 Å². The van der Waals surface area contributed by atoms with Crippen LogP contribution >= 0.6 is 0 Å². The Kier molecular flexibility index (Phi) is 3.64. The number of pyridine rings is 1. The lowest BCUT2D eigenvalue weighted by molar-refractivity contribution is -0.140. The number of aliphatic carboxylic acids is 1. The molecule has 0 fully saturated rings. The van der Waals surface area contributed by atoms with Crippen LogP contribution in [-0.2, 0) is 4.79 Å². The van der Waals surface area contributed by atoms with Gasteiger partial charge in [-0.3, -0.25) is 9.78 Å². The lowest BCUT2D eigenvalue weighted by Crippen LogP contribution is -2.18. The molecule has 0 aliphatic heterocycles. The molecule has 2 aromatic rings. The molecule has 2 aromatic heterocycles. The predicted octanol–water partition coefficient (Wildman–Crippen LogP) is 2.60. The molecule has 0 radical (unpaired) electrons. The van der Waals surface area contributed by atoms with Gasteiger partial charge in [-0.1, -0.05) is 13.8 Å². The summed E-state index contributed by atoms with van der Waals surface area (Å²) in [7, 11) is 0. The second-order valence-corrected chi connectivity index (χ2v) is 4.89. The van der Waals surface area contributed by atoms with E-state index in [0.29, 0.717) is 5.82 Å². The van der Waals surface area contributed by atoms with Crippen molar-refractivity contribution in [3.63, 3.8) is 0 Å². The van der Waals surface area contributed by atoms with Crippen molar-refractivity contribution < 1.29 is 9.90 Å². The van der Waals surface area contributed by atoms with E-state index in [4.69, 9.17) is 0 Å². The van der Waals surface area contributed by atoms with E-state index in [0.717, 1.165) is 17.0 Å². The van der Waals surface area contributed by atoms with Crippen molar-refractivity contribution in [2.45, 2.75) is 26.7 Å². The number of carboxylic acid groups (broad SMARTS) is 1. The number of carboxylic acids is 1. The number of hydrogen-bond acceptors (Lipinski definition) is 3. The topological polar surface area (TPSA) is 78.9 Å². The van der Waals surface area contributed by atoms with Crippen molar-refractivity contribution in [3.05, 3.63) is 36.0 Å². The van der Waals surface area contributed by atoms with Crippen LogP contribution < -0.4 is 0 Å². The highest BCUT2D eigenvalue weighted by Gasteiger charge is 2.27. The molecule has 0 saturated heterocycles. The molecular weight excluding hydrogens is 242 g/mol. The fourth-order valence-electron chi connectivity index (χ4n) is 2.14. The molecule has 2 heterocycles. The third-order valence-electron chi connectivity index (χ3n) is 3.08. The number of aromatic nitrogens is 3.